The Hall–Kier alpha value is -2.80. The Bertz CT molecular complexity index is 879. The number of methoxy groups -OCH3 is 1. The van der Waals surface area contributed by atoms with E-state index in [9.17, 15) is 4.79 Å². The summed E-state index contributed by atoms with van der Waals surface area (Å²) in [4.78, 5) is 13.4. The second-order valence-electron chi connectivity index (χ2n) is 5.03. The molecule has 1 heterocycles. The standard InChI is InChI=1S/C18H17N3O3S/c1-3-25-15-10-5-4-9-14(15)16(22)19-18-21-20-17(24-18)12-7-6-8-13(11-12)23-2/h4-11H,3H2,1-2H3,(H,19,21,22). The molecule has 0 unspecified atom stereocenters. The molecule has 0 spiro atoms. The van der Waals surface area contributed by atoms with Gasteiger partial charge in [-0.3, -0.25) is 10.1 Å². The molecule has 2 aromatic carbocycles. The largest absolute Gasteiger partial charge is 0.497 e. The number of hydrogen-bond donors (Lipinski definition) is 1. The van der Waals surface area contributed by atoms with E-state index in [-0.39, 0.29) is 11.9 Å². The average Bonchev–Trinajstić information content (AvgIpc) is 3.11. The van der Waals surface area contributed by atoms with Crippen LogP contribution in [0.1, 0.15) is 17.3 Å². The number of nitrogens with one attached hydrogen (secondary N) is 1. The number of ether oxygens (including phenoxy) is 1. The molecule has 3 rings (SSSR count). The van der Waals surface area contributed by atoms with Crippen molar-refractivity contribution >= 4 is 23.7 Å². The van der Waals surface area contributed by atoms with Gasteiger partial charge in [0.15, 0.2) is 0 Å². The number of carbonyl (C=O) groups excluding carboxylic acids is 1. The van der Waals surface area contributed by atoms with E-state index in [0.717, 1.165) is 10.6 Å². The van der Waals surface area contributed by atoms with Crippen molar-refractivity contribution in [1.29, 1.82) is 0 Å². The molecule has 7 heteroatoms. The molecule has 0 saturated carbocycles. The Morgan fingerprint density at radius 3 is 2.84 bits per heavy atom. The topological polar surface area (TPSA) is 77.2 Å². The van der Waals surface area contributed by atoms with E-state index in [4.69, 9.17) is 9.15 Å². The van der Waals surface area contributed by atoms with Crippen LogP contribution in [0.25, 0.3) is 11.5 Å². The van der Waals surface area contributed by atoms with Gasteiger partial charge in [-0.2, -0.15) is 0 Å². The van der Waals surface area contributed by atoms with E-state index in [1.807, 2.05) is 43.3 Å². The van der Waals surface area contributed by atoms with Gasteiger partial charge in [-0.15, -0.1) is 16.9 Å². The molecular formula is C18H17N3O3S. The Kier molecular flexibility index (Phi) is 5.35. The molecule has 1 amide bonds. The predicted octanol–water partition coefficient (Wildman–Crippen LogP) is 4.11. The zero-order valence-electron chi connectivity index (χ0n) is 13.9. The summed E-state index contributed by atoms with van der Waals surface area (Å²) in [7, 11) is 1.59. The quantitative estimate of drug-likeness (QED) is 0.671. The third-order valence-corrected chi connectivity index (χ3v) is 4.35. The van der Waals surface area contributed by atoms with E-state index in [2.05, 4.69) is 15.5 Å². The van der Waals surface area contributed by atoms with Gasteiger partial charge < -0.3 is 9.15 Å². The summed E-state index contributed by atoms with van der Waals surface area (Å²) < 4.78 is 10.7. The summed E-state index contributed by atoms with van der Waals surface area (Å²) in [6, 6.07) is 14.7. The summed E-state index contributed by atoms with van der Waals surface area (Å²) >= 11 is 1.61. The van der Waals surface area contributed by atoms with Crippen molar-refractivity contribution in [3.05, 3.63) is 54.1 Å². The number of anilines is 1. The number of rotatable bonds is 6. The highest BCUT2D eigenvalue weighted by atomic mass is 32.2. The molecular weight excluding hydrogens is 338 g/mol. The minimum atomic E-state index is -0.280. The Morgan fingerprint density at radius 2 is 2.04 bits per heavy atom. The summed E-state index contributed by atoms with van der Waals surface area (Å²) in [5.41, 5.74) is 1.30. The second kappa shape index (κ2) is 7.85. The van der Waals surface area contributed by atoms with Crippen molar-refractivity contribution in [3.8, 4) is 17.2 Å². The Labute approximate surface area is 149 Å². The van der Waals surface area contributed by atoms with E-state index in [1.165, 1.54) is 0 Å². The van der Waals surface area contributed by atoms with Crippen LogP contribution < -0.4 is 10.1 Å². The highest BCUT2D eigenvalue weighted by Gasteiger charge is 2.15. The molecule has 0 aliphatic carbocycles. The Morgan fingerprint density at radius 1 is 1.20 bits per heavy atom. The van der Waals surface area contributed by atoms with Gasteiger partial charge >= 0.3 is 6.01 Å². The first-order valence-corrected chi connectivity index (χ1v) is 8.71. The van der Waals surface area contributed by atoms with Crippen LogP contribution in [-0.4, -0.2) is 29.0 Å². The van der Waals surface area contributed by atoms with Gasteiger partial charge in [0.1, 0.15) is 5.75 Å². The van der Waals surface area contributed by atoms with Crippen molar-refractivity contribution in [2.45, 2.75) is 11.8 Å². The van der Waals surface area contributed by atoms with Crippen LogP contribution in [0.15, 0.2) is 57.8 Å². The van der Waals surface area contributed by atoms with Crippen LogP contribution in [0.2, 0.25) is 0 Å². The molecule has 1 N–H and O–H groups in total. The number of amides is 1. The number of carbonyl (C=O) groups is 1. The lowest BCUT2D eigenvalue weighted by Gasteiger charge is -2.06. The number of nitrogens with zero attached hydrogens (tertiary/aromatic N) is 2. The molecule has 3 aromatic rings. The summed E-state index contributed by atoms with van der Waals surface area (Å²) in [6.45, 7) is 2.04. The number of hydrogen-bond acceptors (Lipinski definition) is 6. The third kappa shape index (κ3) is 4.00. The van der Waals surface area contributed by atoms with Crippen molar-refractivity contribution in [1.82, 2.24) is 10.2 Å². The molecule has 0 saturated heterocycles. The maximum absolute atomic E-state index is 12.5. The van der Waals surface area contributed by atoms with Gasteiger partial charge in [0, 0.05) is 10.5 Å². The molecule has 0 fully saturated rings. The molecule has 25 heavy (non-hydrogen) atoms. The maximum Gasteiger partial charge on any atom is 0.322 e. The molecule has 0 atom stereocenters. The molecule has 0 aliphatic heterocycles. The highest BCUT2D eigenvalue weighted by Crippen LogP contribution is 2.25. The van der Waals surface area contributed by atoms with E-state index in [0.29, 0.717) is 22.8 Å². The van der Waals surface area contributed by atoms with Gasteiger partial charge in [-0.05, 0) is 36.1 Å². The van der Waals surface area contributed by atoms with Crippen LogP contribution in [0, 0.1) is 0 Å². The normalized spacial score (nSPS) is 10.5. The van der Waals surface area contributed by atoms with Gasteiger partial charge in [0.2, 0.25) is 5.89 Å². The maximum atomic E-state index is 12.5. The molecule has 128 valence electrons. The van der Waals surface area contributed by atoms with Crippen LogP contribution in [-0.2, 0) is 0 Å². The highest BCUT2D eigenvalue weighted by molar-refractivity contribution is 7.99. The fraction of sp³-hybridized carbons (Fsp3) is 0.167. The van der Waals surface area contributed by atoms with Crippen LogP contribution in [0.4, 0.5) is 6.01 Å². The van der Waals surface area contributed by atoms with Crippen molar-refractivity contribution in [2.24, 2.45) is 0 Å². The van der Waals surface area contributed by atoms with Crippen LogP contribution in [0.5, 0.6) is 5.75 Å². The lowest BCUT2D eigenvalue weighted by atomic mass is 10.2. The first-order valence-electron chi connectivity index (χ1n) is 7.72. The number of thioether (sulfide) groups is 1. The predicted molar refractivity (Wildman–Crippen MR) is 97.1 cm³/mol. The van der Waals surface area contributed by atoms with E-state index in [1.54, 1.807) is 31.0 Å². The summed E-state index contributed by atoms with van der Waals surface area (Å²) in [5.74, 6) is 1.60. The van der Waals surface area contributed by atoms with Gasteiger partial charge in [0.25, 0.3) is 5.91 Å². The molecule has 0 radical (unpaired) electrons. The SMILES string of the molecule is CCSc1ccccc1C(=O)Nc1nnc(-c2cccc(OC)c2)o1. The van der Waals surface area contributed by atoms with Crippen molar-refractivity contribution < 1.29 is 13.9 Å². The number of benzene rings is 2. The summed E-state index contributed by atoms with van der Waals surface area (Å²) in [6.07, 6.45) is 0. The van der Waals surface area contributed by atoms with E-state index < -0.39 is 0 Å². The smallest absolute Gasteiger partial charge is 0.322 e. The number of aromatic nitrogens is 2. The monoisotopic (exact) mass is 355 g/mol. The fourth-order valence-electron chi connectivity index (χ4n) is 2.25. The third-order valence-electron chi connectivity index (χ3n) is 3.39. The van der Waals surface area contributed by atoms with Crippen LogP contribution in [0.3, 0.4) is 0 Å². The van der Waals surface area contributed by atoms with Gasteiger partial charge in [-0.25, -0.2) is 0 Å². The Balaban J connectivity index is 1.78. The first-order chi connectivity index (χ1) is 12.2. The molecule has 0 bridgehead atoms. The van der Waals surface area contributed by atoms with Gasteiger partial charge in [0.05, 0.1) is 12.7 Å². The molecule has 6 nitrogen and oxygen atoms in total. The lowest BCUT2D eigenvalue weighted by Crippen LogP contribution is -2.13. The zero-order valence-corrected chi connectivity index (χ0v) is 14.7. The average molecular weight is 355 g/mol. The molecule has 1 aromatic heterocycles. The lowest BCUT2D eigenvalue weighted by molar-refractivity contribution is 0.102. The van der Waals surface area contributed by atoms with Crippen molar-refractivity contribution in [2.75, 3.05) is 18.2 Å². The van der Waals surface area contributed by atoms with Crippen LogP contribution >= 0.6 is 11.8 Å². The minimum absolute atomic E-state index is 0.0547. The zero-order chi connectivity index (χ0) is 17.6. The van der Waals surface area contributed by atoms with Gasteiger partial charge in [-0.1, -0.05) is 30.2 Å². The molecule has 0 aliphatic rings. The van der Waals surface area contributed by atoms with Crippen molar-refractivity contribution in [3.63, 3.8) is 0 Å². The summed E-state index contributed by atoms with van der Waals surface area (Å²) in [5, 5.41) is 10.5. The fourth-order valence-corrected chi connectivity index (χ4v) is 3.05. The minimum Gasteiger partial charge on any atom is -0.497 e. The first kappa shape index (κ1) is 17.0. The second-order valence-corrected chi connectivity index (χ2v) is 6.33. The van der Waals surface area contributed by atoms with E-state index >= 15 is 0 Å².